The molecule has 3 heterocycles. The second-order valence-electron chi connectivity index (χ2n) is 8.39. The van der Waals surface area contributed by atoms with Crippen LogP contribution in [0.25, 0.3) is 0 Å². The summed E-state index contributed by atoms with van der Waals surface area (Å²) in [5.74, 6) is -3.73. The second kappa shape index (κ2) is 7.83. The van der Waals surface area contributed by atoms with Gasteiger partial charge in [0.15, 0.2) is 5.79 Å². The fourth-order valence-electron chi connectivity index (χ4n) is 4.42. The Kier molecular flexibility index (Phi) is 5.93. The quantitative estimate of drug-likeness (QED) is 0.396. The highest BCUT2D eigenvalue weighted by molar-refractivity contribution is 5.91. The SMILES string of the molecule is C=C1C(=O)OC2C=C(CO)C3(O)CC(OC)C(C)(CC(OC(=O)C(C)CC)C12)O3. The maximum absolute atomic E-state index is 12.6. The molecule has 2 bridgehead atoms. The Hall–Kier alpha value is -1.74. The molecule has 0 amide bonds. The van der Waals surface area contributed by atoms with Gasteiger partial charge < -0.3 is 29.2 Å². The number of hydrogen-bond acceptors (Lipinski definition) is 8. The first-order valence-electron chi connectivity index (χ1n) is 9.96. The van der Waals surface area contributed by atoms with Gasteiger partial charge in [0.2, 0.25) is 0 Å². The second-order valence-corrected chi connectivity index (χ2v) is 8.39. The van der Waals surface area contributed by atoms with Crippen molar-refractivity contribution < 1.29 is 38.7 Å². The minimum absolute atomic E-state index is 0.0880. The van der Waals surface area contributed by atoms with Crippen molar-refractivity contribution in [3.8, 4) is 0 Å². The number of methoxy groups -OCH3 is 1. The third-order valence-electron chi connectivity index (χ3n) is 6.42. The highest BCUT2D eigenvalue weighted by Gasteiger charge is 2.59. The predicted molar refractivity (Wildman–Crippen MR) is 101 cm³/mol. The van der Waals surface area contributed by atoms with E-state index in [1.165, 1.54) is 13.2 Å². The molecule has 0 aliphatic carbocycles. The van der Waals surface area contributed by atoms with Crippen molar-refractivity contribution in [3.05, 3.63) is 23.8 Å². The average Bonchev–Trinajstić information content (AvgIpc) is 3.11. The number of rotatable bonds is 5. The van der Waals surface area contributed by atoms with Crippen LogP contribution in [0.15, 0.2) is 23.8 Å². The van der Waals surface area contributed by atoms with Crippen molar-refractivity contribution in [2.75, 3.05) is 13.7 Å². The summed E-state index contributed by atoms with van der Waals surface area (Å²) in [4.78, 5) is 24.8. The van der Waals surface area contributed by atoms with E-state index in [0.717, 1.165) is 0 Å². The fraction of sp³-hybridized carbons (Fsp3) is 0.714. The Bertz CT molecular complexity index is 730. The molecule has 0 aromatic rings. The largest absolute Gasteiger partial charge is 0.461 e. The van der Waals surface area contributed by atoms with Crippen LogP contribution in [0.2, 0.25) is 0 Å². The molecule has 8 heteroatoms. The highest BCUT2D eigenvalue weighted by atomic mass is 16.7. The monoisotopic (exact) mass is 410 g/mol. The van der Waals surface area contributed by atoms with Gasteiger partial charge in [0.25, 0.3) is 0 Å². The van der Waals surface area contributed by atoms with Gasteiger partial charge >= 0.3 is 11.9 Å². The van der Waals surface area contributed by atoms with Crippen molar-refractivity contribution >= 4 is 11.9 Å². The van der Waals surface area contributed by atoms with Gasteiger partial charge in [0.1, 0.15) is 12.2 Å². The number of ether oxygens (including phenoxy) is 4. The van der Waals surface area contributed by atoms with Crippen LogP contribution in [-0.2, 0) is 28.5 Å². The zero-order valence-electron chi connectivity index (χ0n) is 17.3. The molecule has 7 unspecified atom stereocenters. The van der Waals surface area contributed by atoms with Crippen LogP contribution in [-0.4, -0.2) is 65.6 Å². The van der Waals surface area contributed by atoms with Crippen molar-refractivity contribution in [2.24, 2.45) is 11.8 Å². The van der Waals surface area contributed by atoms with Crippen molar-refractivity contribution in [1.82, 2.24) is 0 Å². The lowest BCUT2D eigenvalue weighted by Crippen LogP contribution is -2.45. The molecule has 0 aromatic carbocycles. The first kappa shape index (κ1) is 22.0. The molecular weight excluding hydrogens is 380 g/mol. The molecule has 8 nitrogen and oxygen atoms in total. The number of esters is 2. The van der Waals surface area contributed by atoms with Crippen LogP contribution in [0.3, 0.4) is 0 Å². The van der Waals surface area contributed by atoms with Crippen LogP contribution < -0.4 is 0 Å². The lowest BCUT2D eigenvalue weighted by Gasteiger charge is -2.35. The molecular formula is C21H30O8. The normalized spacial score (nSPS) is 40.3. The molecule has 3 rings (SSSR count). The number of carbonyl (C=O) groups is 2. The summed E-state index contributed by atoms with van der Waals surface area (Å²) in [6.07, 6.45) is 0.218. The summed E-state index contributed by atoms with van der Waals surface area (Å²) in [5, 5.41) is 21.0. The smallest absolute Gasteiger partial charge is 0.334 e. The summed E-state index contributed by atoms with van der Waals surface area (Å²) in [7, 11) is 1.51. The topological polar surface area (TPSA) is 112 Å². The van der Waals surface area contributed by atoms with E-state index in [0.29, 0.717) is 6.42 Å². The fourth-order valence-corrected chi connectivity index (χ4v) is 4.42. The van der Waals surface area contributed by atoms with Gasteiger partial charge in [-0.25, -0.2) is 4.79 Å². The van der Waals surface area contributed by atoms with Gasteiger partial charge in [-0.2, -0.15) is 0 Å². The number of carbonyl (C=O) groups excluding carboxylic acids is 2. The van der Waals surface area contributed by atoms with E-state index in [1.807, 2.05) is 6.92 Å². The van der Waals surface area contributed by atoms with Gasteiger partial charge in [-0.1, -0.05) is 20.4 Å². The summed E-state index contributed by atoms with van der Waals surface area (Å²) < 4.78 is 22.9. The highest BCUT2D eigenvalue weighted by Crippen LogP contribution is 2.48. The van der Waals surface area contributed by atoms with Crippen LogP contribution in [0.1, 0.15) is 40.0 Å². The maximum atomic E-state index is 12.6. The van der Waals surface area contributed by atoms with Crippen LogP contribution in [0.5, 0.6) is 0 Å². The first-order chi connectivity index (χ1) is 13.6. The Balaban J connectivity index is 2.08. The molecule has 0 spiro atoms. The van der Waals surface area contributed by atoms with Crippen molar-refractivity contribution in [3.63, 3.8) is 0 Å². The summed E-state index contributed by atoms with van der Waals surface area (Å²) >= 11 is 0. The van der Waals surface area contributed by atoms with Crippen molar-refractivity contribution in [2.45, 2.75) is 69.7 Å². The molecule has 0 saturated carbocycles. The molecule has 2 saturated heterocycles. The van der Waals surface area contributed by atoms with E-state index < -0.39 is 48.2 Å². The molecule has 3 aliphatic heterocycles. The predicted octanol–water partition coefficient (Wildman–Crippen LogP) is 1.25. The lowest BCUT2D eigenvalue weighted by molar-refractivity contribution is -0.212. The summed E-state index contributed by atoms with van der Waals surface area (Å²) in [6.45, 7) is 8.77. The number of aliphatic hydroxyl groups is 2. The van der Waals surface area contributed by atoms with E-state index in [2.05, 4.69) is 6.58 Å². The molecule has 7 atom stereocenters. The Morgan fingerprint density at radius 3 is 2.72 bits per heavy atom. The van der Waals surface area contributed by atoms with E-state index in [4.69, 9.17) is 18.9 Å². The zero-order chi connectivity index (χ0) is 21.6. The Labute approximate surface area is 170 Å². The van der Waals surface area contributed by atoms with Crippen LogP contribution in [0, 0.1) is 11.8 Å². The summed E-state index contributed by atoms with van der Waals surface area (Å²) in [6, 6.07) is 0. The van der Waals surface area contributed by atoms with Gasteiger partial charge in [0, 0.05) is 31.1 Å². The molecule has 2 fully saturated rings. The number of aliphatic hydroxyl groups excluding tert-OH is 1. The number of hydrogen-bond donors (Lipinski definition) is 2. The van der Waals surface area contributed by atoms with Crippen LogP contribution >= 0.6 is 0 Å². The van der Waals surface area contributed by atoms with E-state index >= 15 is 0 Å². The van der Waals surface area contributed by atoms with Gasteiger partial charge in [0.05, 0.1) is 30.1 Å². The van der Waals surface area contributed by atoms with Gasteiger partial charge in [-0.15, -0.1) is 0 Å². The number of fused-ring (bicyclic) bond motifs is 3. The zero-order valence-corrected chi connectivity index (χ0v) is 17.3. The first-order valence-corrected chi connectivity index (χ1v) is 9.96. The van der Waals surface area contributed by atoms with E-state index in [9.17, 15) is 19.8 Å². The Morgan fingerprint density at radius 2 is 2.14 bits per heavy atom. The lowest BCUT2D eigenvalue weighted by atomic mass is 9.80. The third-order valence-corrected chi connectivity index (χ3v) is 6.42. The molecule has 0 aromatic heterocycles. The third kappa shape index (κ3) is 3.74. The van der Waals surface area contributed by atoms with E-state index in [1.54, 1.807) is 13.8 Å². The van der Waals surface area contributed by atoms with Crippen LogP contribution in [0.4, 0.5) is 0 Å². The van der Waals surface area contributed by atoms with E-state index in [-0.39, 0.29) is 35.9 Å². The maximum Gasteiger partial charge on any atom is 0.334 e. The molecule has 2 N–H and O–H groups in total. The van der Waals surface area contributed by atoms with Gasteiger partial charge in [-0.05, 0) is 19.4 Å². The molecule has 3 aliphatic rings. The average molecular weight is 410 g/mol. The standard InChI is InChI=1S/C21H30O8/c1-6-11(2)18(23)28-15-8-20(4)16(26-5)9-21(25,29-20)13(10-22)7-14-17(15)12(3)19(24)27-14/h7,11,14-17,22,25H,3,6,8-10H2,1-2,4-5H3. The Morgan fingerprint density at radius 1 is 1.45 bits per heavy atom. The van der Waals surface area contributed by atoms with Crippen molar-refractivity contribution in [1.29, 1.82) is 0 Å². The molecule has 0 radical (unpaired) electrons. The molecule has 162 valence electrons. The molecule has 29 heavy (non-hydrogen) atoms. The minimum Gasteiger partial charge on any atom is -0.461 e. The minimum atomic E-state index is -1.78. The van der Waals surface area contributed by atoms with Gasteiger partial charge in [-0.3, -0.25) is 4.79 Å². The summed E-state index contributed by atoms with van der Waals surface area (Å²) in [5.41, 5.74) is -0.665.